The third-order valence-corrected chi connectivity index (χ3v) is 4.17. The molecule has 1 fully saturated rings. The fourth-order valence-corrected chi connectivity index (χ4v) is 3.30. The van der Waals surface area contributed by atoms with E-state index in [0.717, 1.165) is 10.2 Å². The standard InChI is InChI=1S/C14H17N3O2S/c1-9-7-17(8-10(2)19-9)14(18)16-13-15-11-5-3-4-6-12(11)20-13/h3-6,9-10H,7-8H2,1-2H3,(H,15,16,18)/t9-,10-/m1/s1. The SMILES string of the molecule is C[C@@H]1CN(C(=O)Nc2nc3ccccc3s2)C[C@@H](C)O1. The Balaban J connectivity index is 1.72. The molecule has 1 aliphatic heterocycles. The van der Waals surface area contributed by atoms with Crippen molar-refractivity contribution in [1.82, 2.24) is 9.88 Å². The summed E-state index contributed by atoms with van der Waals surface area (Å²) in [6, 6.07) is 7.75. The molecule has 0 bridgehead atoms. The first-order chi connectivity index (χ1) is 9.61. The number of para-hydroxylation sites is 1. The Morgan fingerprint density at radius 3 is 2.75 bits per heavy atom. The number of nitrogens with one attached hydrogen (secondary N) is 1. The number of ether oxygens (including phenoxy) is 1. The number of fused-ring (bicyclic) bond motifs is 1. The molecule has 0 radical (unpaired) electrons. The van der Waals surface area contributed by atoms with Crippen LogP contribution in [0.25, 0.3) is 10.2 Å². The van der Waals surface area contributed by atoms with Crippen molar-refractivity contribution in [2.75, 3.05) is 18.4 Å². The third-order valence-electron chi connectivity index (χ3n) is 3.21. The Labute approximate surface area is 121 Å². The predicted octanol–water partition coefficient (Wildman–Crippen LogP) is 2.94. The van der Waals surface area contributed by atoms with E-state index in [-0.39, 0.29) is 18.2 Å². The Morgan fingerprint density at radius 2 is 2.05 bits per heavy atom. The van der Waals surface area contributed by atoms with Gasteiger partial charge in [0.2, 0.25) is 0 Å². The minimum Gasteiger partial charge on any atom is -0.372 e. The maximum Gasteiger partial charge on any atom is 0.323 e. The van der Waals surface area contributed by atoms with E-state index in [0.29, 0.717) is 18.2 Å². The van der Waals surface area contributed by atoms with Gasteiger partial charge in [0.25, 0.3) is 0 Å². The number of anilines is 1. The Hall–Kier alpha value is -1.66. The van der Waals surface area contributed by atoms with E-state index in [2.05, 4.69) is 10.3 Å². The number of carbonyl (C=O) groups excluding carboxylic acids is 1. The van der Waals surface area contributed by atoms with Crippen LogP contribution in [0.5, 0.6) is 0 Å². The lowest BCUT2D eigenvalue weighted by atomic mass is 10.2. The maximum atomic E-state index is 12.3. The Morgan fingerprint density at radius 1 is 1.35 bits per heavy atom. The molecular weight excluding hydrogens is 274 g/mol. The number of nitrogens with zero attached hydrogens (tertiary/aromatic N) is 2. The van der Waals surface area contributed by atoms with E-state index >= 15 is 0 Å². The molecule has 0 aliphatic carbocycles. The second kappa shape index (κ2) is 5.38. The van der Waals surface area contributed by atoms with E-state index < -0.39 is 0 Å². The highest BCUT2D eigenvalue weighted by atomic mass is 32.1. The van der Waals surface area contributed by atoms with Gasteiger partial charge < -0.3 is 9.64 Å². The fourth-order valence-electron chi connectivity index (χ4n) is 2.44. The number of rotatable bonds is 1. The summed E-state index contributed by atoms with van der Waals surface area (Å²) in [7, 11) is 0. The lowest BCUT2D eigenvalue weighted by molar-refractivity contribution is -0.0530. The van der Waals surface area contributed by atoms with Gasteiger partial charge in [-0.25, -0.2) is 9.78 Å². The molecule has 1 aliphatic rings. The number of amides is 2. The van der Waals surface area contributed by atoms with Crippen LogP contribution in [0.15, 0.2) is 24.3 Å². The molecule has 3 rings (SSSR count). The molecular formula is C14H17N3O2S. The normalized spacial score (nSPS) is 23.0. The van der Waals surface area contributed by atoms with Gasteiger partial charge in [0.05, 0.1) is 22.4 Å². The van der Waals surface area contributed by atoms with Gasteiger partial charge >= 0.3 is 6.03 Å². The number of hydrogen-bond acceptors (Lipinski definition) is 4. The molecule has 1 N–H and O–H groups in total. The van der Waals surface area contributed by atoms with Gasteiger partial charge in [0.1, 0.15) is 0 Å². The number of hydrogen-bond donors (Lipinski definition) is 1. The molecule has 2 aromatic rings. The first-order valence-corrected chi connectivity index (χ1v) is 7.50. The number of benzene rings is 1. The molecule has 106 valence electrons. The third kappa shape index (κ3) is 2.76. The second-order valence-electron chi connectivity index (χ2n) is 5.08. The van der Waals surface area contributed by atoms with Crippen molar-refractivity contribution in [3.63, 3.8) is 0 Å². The Bertz CT molecular complexity index is 585. The molecule has 6 heteroatoms. The fraction of sp³-hybridized carbons (Fsp3) is 0.429. The summed E-state index contributed by atoms with van der Waals surface area (Å²) >= 11 is 1.49. The molecule has 0 unspecified atom stereocenters. The monoisotopic (exact) mass is 291 g/mol. The maximum absolute atomic E-state index is 12.3. The molecule has 2 amide bonds. The van der Waals surface area contributed by atoms with Crippen molar-refractivity contribution in [3.05, 3.63) is 24.3 Å². The van der Waals surface area contributed by atoms with E-state index in [1.807, 2.05) is 38.1 Å². The highest BCUT2D eigenvalue weighted by Crippen LogP contribution is 2.25. The Kier molecular flexibility index (Phi) is 3.58. The lowest BCUT2D eigenvalue weighted by Gasteiger charge is -2.34. The van der Waals surface area contributed by atoms with Crippen LogP contribution in [0.3, 0.4) is 0 Å². The van der Waals surface area contributed by atoms with Gasteiger partial charge in [-0.1, -0.05) is 23.5 Å². The van der Waals surface area contributed by atoms with Crippen LogP contribution in [0.2, 0.25) is 0 Å². The zero-order valence-electron chi connectivity index (χ0n) is 11.5. The first kappa shape index (κ1) is 13.3. The van der Waals surface area contributed by atoms with Crippen molar-refractivity contribution in [2.45, 2.75) is 26.1 Å². The summed E-state index contributed by atoms with van der Waals surface area (Å²) in [5.41, 5.74) is 0.913. The van der Waals surface area contributed by atoms with Crippen LogP contribution >= 0.6 is 11.3 Å². The highest BCUT2D eigenvalue weighted by Gasteiger charge is 2.26. The van der Waals surface area contributed by atoms with Gasteiger partial charge in [-0.05, 0) is 26.0 Å². The van der Waals surface area contributed by atoms with E-state index in [9.17, 15) is 4.79 Å². The zero-order valence-corrected chi connectivity index (χ0v) is 12.3. The quantitative estimate of drug-likeness (QED) is 0.879. The lowest BCUT2D eigenvalue weighted by Crippen LogP contribution is -2.49. The van der Waals surface area contributed by atoms with Crippen molar-refractivity contribution in [2.24, 2.45) is 0 Å². The molecule has 2 atom stereocenters. The summed E-state index contributed by atoms with van der Waals surface area (Å²) in [6.45, 7) is 5.18. The largest absolute Gasteiger partial charge is 0.372 e. The van der Waals surface area contributed by atoms with Crippen LogP contribution < -0.4 is 5.32 Å². The zero-order chi connectivity index (χ0) is 14.1. The molecule has 0 spiro atoms. The molecule has 20 heavy (non-hydrogen) atoms. The van der Waals surface area contributed by atoms with Crippen LogP contribution in [0.1, 0.15) is 13.8 Å². The van der Waals surface area contributed by atoms with Gasteiger partial charge in [-0.3, -0.25) is 5.32 Å². The smallest absolute Gasteiger partial charge is 0.323 e. The summed E-state index contributed by atoms with van der Waals surface area (Å²) in [5, 5.41) is 3.52. The minimum atomic E-state index is -0.106. The highest BCUT2D eigenvalue weighted by molar-refractivity contribution is 7.22. The number of thiazole rings is 1. The summed E-state index contributed by atoms with van der Waals surface area (Å²) in [4.78, 5) is 18.5. The first-order valence-electron chi connectivity index (χ1n) is 6.69. The average Bonchev–Trinajstić information content (AvgIpc) is 2.79. The van der Waals surface area contributed by atoms with E-state index in [1.54, 1.807) is 4.90 Å². The summed E-state index contributed by atoms with van der Waals surface area (Å²) in [5.74, 6) is 0. The number of aromatic nitrogens is 1. The predicted molar refractivity (Wildman–Crippen MR) is 80.2 cm³/mol. The molecule has 1 aromatic heterocycles. The van der Waals surface area contributed by atoms with Gasteiger partial charge in [0, 0.05) is 13.1 Å². The van der Waals surface area contributed by atoms with Crippen LogP contribution in [-0.2, 0) is 4.74 Å². The summed E-state index contributed by atoms with van der Waals surface area (Å²) in [6.07, 6.45) is 0.139. The van der Waals surface area contributed by atoms with Gasteiger partial charge in [0.15, 0.2) is 5.13 Å². The molecule has 2 heterocycles. The number of morpholine rings is 1. The van der Waals surface area contributed by atoms with E-state index in [4.69, 9.17) is 4.74 Å². The molecule has 5 nitrogen and oxygen atoms in total. The number of carbonyl (C=O) groups is 1. The topological polar surface area (TPSA) is 54.5 Å². The second-order valence-corrected chi connectivity index (χ2v) is 6.11. The van der Waals surface area contributed by atoms with Gasteiger partial charge in [-0.2, -0.15) is 0 Å². The van der Waals surface area contributed by atoms with Crippen molar-refractivity contribution >= 4 is 32.7 Å². The van der Waals surface area contributed by atoms with Crippen molar-refractivity contribution in [3.8, 4) is 0 Å². The average molecular weight is 291 g/mol. The van der Waals surface area contributed by atoms with Crippen molar-refractivity contribution in [1.29, 1.82) is 0 Å². The number of urea groups is 1. The molecule has 0 saturated carbocycles. The van der Waals surface area contributed by atoms with Crippen LogP contribution in [0, 0.1) is 0 Å². The summed E-state index contributed by atoms with van der Waals surface area (Å²) < 4.78 is 6.71. The molecule has 1 saturated heterocycles. The minimum absolute atomic E-state index is 0.0693. The molecule has 1 aromatic carbocycles. The van der Waals surface area contributed by atoms with Gasteiger partial charge in [-0.15, -0.1) is 0 Å². The van der Waals surface area contributed by atoms with Crippen LogP contribution in [0.4, 0.5) is 9.93 Å². The van der Waals surface area contributed by atoms with Crippen molar-refractivity contribution < 1.29 is 9.53 Å². The van der Waals surface area contributed by atoms with Crippen LogP contribution in [-0.4, -0.2) is 41.2 Å². The van der Waals surface area contributed by atoms with E-state index in [1.165, 1.54) is 11.3 Å².